The molecule has 0 N–H and O–H groups in total. The highest BCUT2D eigenvalue weighted by molar-refractivity contribution is 6.01. The average Bonchev–Trinajstić information content (AvgIpc) is 3.04. The van der Waals surface area contributed by atoms with Gasteiger partial charge in [0.2, 0.25) is 12.5 Å². The van der Waals surface area contributed by atoms with Gasteiger partial charge in [0.25, 0.3) is 0 Å². The molecule has 2 aromatic rings. The molecule has 2 heterocycles. The smallest absolute Gasteiger partial charge is 0.231 e. The molecule has 0 aliphatic carbocycles. The fourth-order valence-corrected chi connectivity index (χ4v) is 2.75. The monoisotopic (exact) mass is 298 g/mol. The maximum absolute atomic E-state index is 12.4. The van der Waals surface area contributed by atoms with Gasteiger partial charge in [-0.15, -0.1) is 0 Å². The molecule has 0 spiro atoms. The van der Waals surface area contributed by atoms with Crippen LogP contribution < -0.4 is 18.9 Å². The van der Waals surface area contributed by atoms with Gasteiger partial charge in [0.05, 0.1) is 19.1 Å². The van der Waals surface area contributed by atoms with Crippen molar-refractivity contribution in [3.05, 3.63) is 47.5 Å². The Hall–Kier alpha value is -2.69. The SMILES string of the molecule is COc1ccc(C2CC(=O)c3ccc4c(c3O2)OCO4)cc1. The lowest BCUT2D eigenvalue weighted by molar-refractivity contribution is 0.0839. The molecule has 22 heavy (non-hydrogen) atoms. The second-order valence-corrected chi connectivity index (χ2v) is 5.18. The lowest BCUT2D eigenvalue weighted by Crippen LogP contribution is -2.20. The van der Waals surface area contributed by atoms with E-state index in [9.17, 15) is 4.79 Å². The topological polar surface area (TPSA) is 54.0 Å². The lowest BCUT2D eigenvalue weighted by atomic mass is 9.96. The Morgan fingerprint density at radius 1 is 1.05 bits per heavy atom. The Balaban J connectivity index is 1.71. The van der Waals surface area contributed by atoms with Crippen LogP contribution in [0.25, 0.3) is 0 Å². The van der Waals surface area contributed by atoms with E-state index in [1.165, 1.54) is 0 Å². The van der Waals surface area contributed by atoms with Gasteiger partial charge < -0.3 is 18.9 Å². The third kappa shape index (κ3) is 1.97. The van der Waals surface area contributed by atoms with Crippen LogP contribution in [0, 0.1) is 0 Å². The first-order valence-electron chi connectivity index (χ1n) is 7.02. The summed E-state index contributed by atoms with van der Waals surface area (Å²) in [5, 5.41) is 0. The molecule has 0 amide bonds. The average molecular weight is 298 g/mol. The predicted octanol–water partition coefficient (Wildman–Crippen LogP) is 3.13. The molecule has 0 fully saturated rings. The molecule has 0 saturated carbocycles. The van der Waals surface area contributed by atoms with Crippen LogP contribution >= 0.6 is 0 Å². The summed E-state index contributed by atoms with van der Waals surface area (Å²) in [6, 6.07) is 11.0. The number of Topliss-reactive ketones (excluding diaryl/α,β-unsaturated/α-hetero) is 1. The van der Waals surface area contributed by atoms with Crippen molar-refractivity contribution < 1.29 is 23.7 Å². The van der Waals surface area contributed by atoms with E-state index in [0.29, 0.717) is 29.2 Å². The number of ether oxygens (including phenoxy) is 4. The van der Waals surface area contributed by atoms with Gasteiger partial charge in [-0.05, 0) is 29.8 Å². The molecule has 2 aliphatic heterocycles. The second-order valence-electron chi connectivity index (χ2n) is 5.18. The fourth-order valence-electron chi connectivity index (χ4n) is 2.75. The summed E-state index contributed by atoms with van der Waals surface area (Å²) < 4.78 is 22.0. The van der Waals surface area contributed by atoms with Gasteiger partial charge in [-0.25, -0.2) is 0 Å². The minimum Gasteiger partial charge on any atom is -0.497 e. The summed E-state index contributed by atoms with van der Waals surface area (Å²) in [6.07, 6.45) is -0.0273. The van der Waals surface area contributed by atoms with Crippen LogP contribution in [0.15, 0.2) is 36.4 Å². The van der Waals surface area contributed by atoms with Crippen LogP contribution in [0.1, 0.15) is 28.4 Å². The molecular weight excluding hydrogens is 284 g/mol. The number of methoxy groups -OCH3 is 1. The van der Waals surface area contributed by atoms with Gasteiger partial charge in [-0.2, -0.15) is 0 Å². The Morgan fingerprint density at radius 2 is 1.86 bits per heavy atom. The van der Waals surface area contributed by atoms with Crippen molar-refractivity contribution in [1.29, 1.82) is 0 Å². The van der Waals surface area contributed by atoms with Crippen molar-refractivity contribution >= 4 is 5.78 Å². The maximum Gasteiger partial charge on any atom is 0.231 e. The first kappa shape index (κ1) is 13.0. The van der Waals surface area contributed by atoms with Gasteiger partial charge in [-0.3, -0.25) is 4.79 Å². The molecule has 0 aromatic heterocycles. The van der Waals surface area contributed by atoms with E-state index in [4.69, 9.17) is 18.9 Å². The van der Waals surface area contributed by atoms with Crippen LogP contribution in [-0.4, -0.2) is 19.7 Å². The molecule has 1 atom stereocenters. The molecule has 112 valence electrons. The van der Waals surface area contributed by atoms with Crippen molar-refractivity contribution in [2.75, 3.05) is 13.9 Å². The summed E-state index contributed by atoms with van der Waals surface area (Å²) in [5.41, 5.74) is 1.48. The van der Waals surface area contributed by atoms with Gasteiger partial charge >= 0.3 is 0 Å². The van der Waals surface area contributed by atoms with Crippen LogP contribution in [-0.2, 0) is 0 Å². The van der Waals surface area contributed by atoms with Crippen molar-refractivity contribution in [1.82, 2.24) is 0 Å². The van der Waals surface area contributed by atoms with E-state index in [-0.39, 0.29) is 18.7 Å². The maximum atomic E-state index is 12.4. The molecule has 2 aliphatic rings. The van der Waals surface area contributed by atoms with Crippen molar-refractivity contribution in [2.45, 2.75) is 12.5 Å². The van der Waals surface area contributed by atoms with Crippen molar-refractivity contribution in [2.24, 2.45) is 0 Å². The predicted molar refractivity (Wildman–Crippen MR) is 77.9 cm³/mol. The Kier molecular flexibility index (Phi) is 2.92. The summed E-state index contributed by atoms with van der Waals surface area (Å²) in [6.45, 7) is 0.149. The van der Waals surface area contributed by atoms with Gasteiger partial charge in [0.15, 0.2) is 17.3 Å². The zero-order valence-corrected chi connectivity index (χ0v) is 12.0. The number of carbonyl (C=O) groups excluding carboxylic acids is 1. The number of hydrogen-bond acceptors (Lipinski definition) is 5. The largest absolute Gasteiger partial charge is 0.497 e. The van der Waals surface area contributed by atoms with E-state index in [2.05, 4.69) is 0 Å². The van der Waals surface area contributed by atoms with E-state index < -0.39 is 0 Å². The number of ketones is 1. The minimum absolute atomic E-state index is 0.0420. The lowest BCUT2D eigenvalue weighted by Gasteiger charge is -2.26. The number of carbonyl (C=O) groups is 1. The second kappa shape index (κ2) is 4.94. The van der Waals surface area contributed by atoms with Gasteiger partial charge in [-0.1, -0.05) is 12.1 Å². The fraction of sp³-hybridized carbons (Fsp3) is 0.235. The van der Waals surface area contributed by atoms with Crippen molar-refractivity contribution in [3.63, 3.8) is 0 Å². The summed E-state index contributed by atoms with van der Waals surface area (Å²) in [7, 11) is 1.62. The summed E-state index contributed by atoms with van der Waals surface area (Å²) >= 11 is 0. The highest BCUT2D eigenvalue weighted by Crippen LogP contribution is 2.48. The van der Waals surface area contributed by atoms with Crippen LogP contribution in [0.3, 0.4) is 0 Å². The first-order chi connectivity index (χ1) is 10.8. The Morgan fingerprint density at radius 3 is 2.64 bits per heavy atom. The van der Waals surface area contributed by atoms with Crippen molar-refractivity contribution in [3.8, 4) is 23.0 Å². The van der Waals surface area contributed by atoms with E-state index in [1.54, 1.807) is 19.2 Å². The molecule has 1 unspecified atom stereocenters. The van der Waals surface area contributed by atoms with Crippen LogP contribution in [0.4, 0.5) is 0 Å². The Labute approximate surface area is 127 Å². The highest BCUT2D eigenvalue weighted by Gasteiger charge is 2.33. The molecule has 0 saturated heterocycles. The first-order valence-corrected chi connectivity index (χ1v) is 7.02. The number of fused-ring (bicyclic) bond motifs is 3. The summed E-state index contributed by atoms with van der Waals surface area (Å²) in [5.74, 6) is 2.42. The molecule has 0 radical (unpaired) electrons. The normalized spacial score (nSPS) is 18.6. The molecule has 5 heteroatoms. The molecule has 5 nitrogen and oxygen atoms in total. The number of rotatable bonds is 2. The highest BCUT2D eigenvalue weighted by atomic mass is 16.7. The van der Waals surface area contributed by atoms with Crippen LogP contribution in [0.5, 0.6) is 23.0 Å². The molecule has 2 aromatic carbocycles. The zero-order valence-electron chi connectivity index (χ0n) is 12.0. The third-order valence-corrected chi connectivity index (χ3v) is 3.91. The van der Waals surface area contributed by atoms with Gasteiger partial charge in [0, 0.05) is 0 Å². The number of hydrogen-bond donors (Lipinski definition) is 0. The van der Waals surface area contributed by atoms with E-state index in [1.807, 2.05) is 24.3 Å². The molecule has 4 rings (SSSR count). The van der Waals surface area contributed by atoms with E-state index >= 15 is 0 Å². The molecule has 0 bridgehead atoms. The Bertz CT molecular complexity index is 735. The third-order valence-electron chi connectivity index (χ3n) is 3.91. The minimum atomic E-state index is -0.332. The zero-order chi connectivity index (χ0) is 15.1. The number of benzene rings is 2. The molecular formula is C17H14O5. The van der Waals surface area contributed by atoms with Crippen LogP contribution in [0.2, 0.25) is 0 Å². The van der Waals surface area contributed by atoms with E-state index in [0.717, 1.165) is 11.3 Å². The standard InChI is InChI=1S/C17H14O5/c1-19-11-4-2-10(3-5-11)15-8-13(18)12-6-7-14-17(16(12)22-15)21-9-20-14/h2-7,15H,8-9H2,1H3. The van der Waals surface area contributed by atoms with Gasteiger partial charge in [0.1, 0.15) is 11.9 Å². The quantitative estimate of drug-likeness (QED) is 0.852. The summed E-state index contributed by atoms with van der Waals surface area (Å²) in [4.78, 5) is 12.4.